The van der Waals surface area contributed by atoms with E-state index in [0.717, 1.165) is 0 Å². The second kappa shape index (κ2) is 11.6. The second-order valence-corrected chi connectivity index (χ2v) is 8.34. The summed E-state index contributed by atoms with van der Waals surface area (Å²) in [6, 6.07) is 0. The average molecular weight is 504 g/mol. The fraction of sp³-hybridized carbons (Fsp3) is 1.00. The molecule has 0 aromatic carbocycles. The zero-order valence-corrected chi connectivity index (χ0v) is 17.7. The Bertz CT molecular complexity index is 637. The minimum atomic E-state index is -1.88. The van der Waals surface area contributed by atoms with Crippen molar-refractivity contribution in [1.82, 2.24) is 0 Å². The van der Waals surface area contributed by atoms with Gasteiger partial charge in [-0.1, -0.05) is 0 Å². The Kier molecular flexibility index (Phi) is 9.54. The predicted molar refractivity (Wildman–Crippen MR) is 101 cm³/mol. The number of ether oxygens (including phenoxy) is 5. The maximum Gasteiger partial charge on any atom is 0.190 e. The smallest absolute Gasteiger partial charge is 0.190 e. The van der Waals surface area contributed by atoms with Gasteiger partial charge in [0.1, 0.15) is 73.2 Å². The first-order valence-electron chi connectivity index (χ1n) is 10.6. The molecule has 34 heavy (non-hydrogen) atoms. The van der Waals surface area contributed by atoms with Gasteiger partial charge in [-0.25, -0.2) is 0 Å². The van der Waals surface area contributed by atoms with Crippen LogP contribution < -0.4 is 0 Å². The van der Waals surface area contributed by atoms with E-state index in [0.29, 0.717) is 0 Å². The van der Waals surface area contributed by atoms with Crippen molar-refractivity contribution in [3.05, 3.63) is 0 Å². The fourth-order valence-corrected chi connectivity index (χ4v) is 3.96. The third-order valence-electron chi connectivity index (χ3n) is 6.08. The first-order chi connectivity index (χ1) is 16.0. The number of hydrogen-bond acceptors (Lipinski definition) is 16. The van der Waals surface area contributed by atoms with Crippen LogP contribution in [0.2, 0.25) is 0 Å². The van der Waals surface area contributed by atoms with Crippen LogP contribution in [-0.2, 0) is 23.7 Å². The third kappa shape index (κ3) is 5.37. The summed E-state index contributed by atoms with van der Waals surface area (Å²) in [6.07, 6.45) is -25.6. The molecule has 16 nitrogen and oxygen atoms in total. The van der Waals surface area contributed by atoms with Crippen LogP contribution in [0.1, 0.15) is 0 Å². The summed E-state index contributed by atoms with van der Waals surface area (Å²) in [4.78, 5) is 0. The van der Waals surface area contributed by atoms with Crippen LogP contribution in [0.25, 0.3) is 0 Å². The molecule has 0 aromatic heterocycles. The molecule has 3 fully saturated rings. The van der Waals surface area contributed by atoms with Crippen LogP contribution in [0, 0.1) is 0 Å². The molecule has 3 heterocycles. The molecule has 0 saturated carbocycles. The molecule has 3 rings (SSSR count). The van der Waals surface area contributed by atoms with Gasteiger partial charge in [0.25, 0.3) is 0 Å². The summed E-state index contributed by atoms with van der Waals surface area (Å²) >= 11 is 0. The molecule has 0 bridgehead atoms. The van der Waals surface area contributed by atoms with Crippen LogP contribution in [-0.4, -0.2) is 168 Å². The lowest BCUT2D eigenvalue weighted by Crippen LogP contribution is -2.66. The predicted octanol–water partition coefficient (Wildman–Crippen LogP) is -7.57. The summed E-state index contributed by atoms with van der Waals surface area (Å²) < 4.78 is 26.8. The van der Waals surface area contributed by atoms with Gasteiger partial charge in [0.05, 0.1) is 19.8 Å². The molecule has 16 heteroatoms. The highest BCUT2D eigenvalue weighted by Crippen LogP contribution is 2.32. The largest absolute Gasteiger partial charge is 0.394 e. The minimum Gasteiger partial charge on any atom is -0.394 e. The topological polar surface area (TPSA) is 269 Å². The van der Waals surface area contributed by atoms with Gasteiger partial charge in [-0.3, -0.25) is 0 Å². The van der Waals surface area contributed by atoms with Crippen molar-refractivity contribution in [2.45, 2.75) is 92.1 Å². The summed E-state index contributed by atoms with van der Waals surface area (Å²) in [5.74, 6) is 0. The lowest BCUT2D eigenvalue weighted by atomic mass is 9.97. The van der Waals surface area contributed by atoms with E-state index in [1.165, 1.54) is 0 Å². The van der Waals surface area contributed by atoms with Crippen molar-refractivity contribution in [2.24, 2.45) is 0 Å². The minimum absolute atomic E-state index is 0.762. The molecule has 0 radical (unpaired) electrons. The third-order valence-corrected chi connectivity index (χ3v) is 6.08. The molecule has 200 valence electrons. The van der Waals surface area contributed by atoms with Gasteiger partial charge in [0.2, 0.25) is 0 Å². The van der Waals surface area contributed by atoms with Crippen molar-refractivity contribution in [3.63, 3.8) is 0 Å². The quantitative estimate of drug-likeness (QED) is 0.154. The van der Waals surface area contributed by atoms with E-state index in [1.54, 1.807) is 0 Å². The Morgan fingerprint density at radius 1 is 0.412 bits per heavy atom. The average Bonchev–Trinajstić information content (AvgIpc) is 2.83. The zero-order chi connectivity index (χ0) is 25.3. The van der Waals surface area contributed by atoms with Crippen LogP contribution >= 0.6 is 0 Å². The van der Waals surface area contributed by atoms with E-state index in [-0.39, 0.29) is 0 Å². The van der Waals surface area contributed by atoms with Crippen LogP contribution in [0.15, 0.2) is 0 Å². The molecule has 11 N–H and O–H groups in total. The highest BCUT2D eigenvalue weighted by Gasteiger charge is 2.53. The molecule has 0 unspecified atom stereocenters. The van der Waals surface area contributed by atoms with Crippen LogP contribution in [0.3, 0.4) is 0 Å². The molecular formula is C18H32O16. The van der Waals surface area contributed by atoms with Gasteiger partial charge in [-0.15, -0.1) is 0 Å². The molecule has 15 atom stereocenters. The molecule has 3 aliphatic rings. The van der Waals surface area contributed by atoms with Gasteiger partial charge in [-0.05, 0) is 0 Å². The first-order valence-corrected chi connectivity index (χ1v) is 10.6. The van der Waals surface area contributed by atoms with Gasteiger partial charge < -0.3 is 79.9 Å². The highest BCUT2D eigenvalue weighted by molar-refractivity contribution is 4.95. The Hall–Kier alpha value is -0.640. The van der Waals surface area contributed by atoms with Crippen molar-refractivity contribution in [1.29, 1.82) is 0 Å². The van der Waals surface area contributed by atoms with E-state index in [4.69, 9.17) is 23.7 Å². The monoisotopic (exact) mass is 504 g/mol. The zero-order valence-electron chi connectivity index (χ0n) is 17.7. The van der Waals surface area contributed by atoms with Crippen molar-refractivity contribution in [2.75, 3.05) is 19.8 Å². The molecule has 0 aliphatic carbocycles. The van der Waals surface area contributed by atoms with E-state index in [9.17, 15) is 56.2 Å². The SMILES string of the molecule is OC[C@H]1O[C@@H](O[C@H]2[C@@H](O[C@H]3O[C@H](CO)[C@@H](O)[C@H](O)[C@H]3O)O[C@H](CO)[C@@H](O)[C@@H]2O)[C@H](O)[C@@H](O)[C@@H]1O. The summed E-state index contributed by atoms with van der Waals surface area (Å²) in [7, 11) is 0. The van der Waals surface area contributed by atoms with Crippen molar-refractivity contribution >= 4 is 0 Å². The van der Waals surface area contributed by atoms with E-state index >= 15 is 0 Å². The summed E-state index contributed by atoms with van der Waals surface area (Å²) in [5, 5.41) is 109. The van der Waals surface area contributed by atoms with Crippen molar-refractivity contribution < 1.29 is 79.9 Å². The molecule has 0 spiro atoms. The Morgan fingerprint density at radius 3 is 1.18 bits per heavy atom. The number of aliphatic hydroxyl groups is 11. The van der Waals surface area contributed by atoms with E-state index in [1.807, 2.05) is 0 Å². The Morgan fingerprint density at radius 2 is 0.765 bits per heavy atom. The van der Waals surface area contributed by atoms with Crippen LogP contribution in [0.4, 0.5) is 0 Å². The standard InChI is InChI=1S/C18H32O16/c19-1-4-7(22)10(25)13(28)16(30-4)33-15-12(27)9(24)6(3-21)32-18(15)34-17-14(29)11(26)8(23)5(2-20)31-17/h4-29H,1-3H2/t4-,5-,6-,7-,8-,9-,10+,11+,12+,13-,14-,15-,16+,17-,18-/m1/s1. The maximum atomic E-state index is 10.6. The highest BCUT2D eigenvalue weighted by atomic mass is 16.8. The molecular weight excluding hydrogens is 472 g/mol. The lowest BCUT2D eigenvalue weighted by Gasteiger charge is -2.47. The number of hydrogen-bond donors (Lipinski definition) is 11. The first kappa shape index (κ1) is 27.9. The van der Waals surface area contributed by atoms with E-state index in [2.05, 4.69) is 0 Å². The molecule has 3 aliphatic heterocycles. The normalized spacial score (nSPS) is 52.5. The van der Waals surface area contributed by atoms with Crippen molar-refractivity contribution in [3.8, 4) is 0 Å². The van der Waals surface area contributed by atoms with Gasteiger partial charge in [-0.2, -0.15) is 0 Å². The molecule has 3 saturated heterocycles. The van der Waals surface area contributed by atoms with Gasteiger partial charge >= 0.3 is 0 Å². The number of rotatable bonds is 7. The Labute approximate surface area is 192 Å². The molecule has 0 aromatic rings. The fourth-order valence-electron chi connectivity index (χ4n) is 3.96. The maximum absolute atomic E-state index is 10.6. The Balaban J connectivity index is 1.81. The lowest BCUT2D eigenvalue weighted by molar-refractivity contribution is -0.401. The van der Waals surface area contributed by atoms with Crippen LogP contribution in [0.5, 0.6) is 0 Å². The molecule has 0 amide bonds. The second-order valence-electron chi connectivity index (χ2n) is 8.34. The summed E-state index contributed by atoms with van der Waals surface area (Å²) in [5.41, 5.74) is 0. The van der Waals surface area contributed by atoms with E-state index < -0.39 is 112 Å². The van der Waals surface area contributed by atoms with Gasteiger partial charge in [0.15, 0.2) is 18.9 Å². The van der Waals surface area contributed by atoms with Gasteiger partial charge in [0, 0.05) is 0 Å². The summed E-state index contributed by atoms with van der Waals surface area (Å²) in [6.45, 7) is -2.32. The number of aliphatic hydroxyl groups excluding tert-OH is 11.